The first kappa shape index (κ1) is 27.4. The van der Waals surface area contributed by atoms with Gasteiger partial charge in [-0.05, 0) is 55.1 Å². The molecule has 0 spiro atoms. The third kappa shape index (κ3) is 6.94. The van der Waals surface area contributed by atoms with Gasteiger partial charge in [0.25, 0.3) is 0 Å². The number of ether oxygens (including phenoxy) is 2. The number of unbranched alkanes of at least 4 members (excludes halogenated alkanes) is 2. The normalized spacial score (nSPS) is 13.1. The zero-order valence-corrected chi connectivity index (χ0v) is 21.2. The van der Waals surface area contributed by atoms with Crippen molar-refractivity contribution in [2.75, 3.05) is 20.3 Å². The molecule has 4 N–H and O–H groups in total. The zero-order valence-electron chi connectivity index (χ0n) is 21.2. The van der Waals surface area contributed by atoms with Crippen molar-refractivity contribution in [3.63, 3.8) is 0 Å². The molecule has 0 unspecified atom stereocenters. The summed E-state index contributed by atoms with van der Waals surface area (Å²) in [5.41, 5.74) is 7.39. The summed E-state index contributed by atoms with van der Waals surface area (Å²) in [7, 11) is 1.64. The third-order valence-electron chi connectivity index (χ3n) is 6.37. The van der Waals surface area contributed by atoms with E-state index in [0.29, 0.717) is 13.0 Å². The molecule has 2 atom stereocenters. The van der Waals surface area contributed by atoms with Gasteiger partial charge in [0.05, 0.1) is 25.9 Å². The van der Waals surface area contributed by atoms with Gasteiger partial charge in [0.1, 0.15) is 11.4 Å². The van der Waals surface area contributed by atoms with Gasteiger partial charge in [0.2, 0.25) is 5.91 Å². The smallest absolute Gasteiger partial charge is 0.220 e. The number of hydrogen-bond acceptors (Lipinski definition) is 5. The summed E-state index contributed by atoms with van der Waals surface area (Å²) in [5, 5.41) is 13.5. The summed E-state index contributed by atoms with van der Waals surface area (Å²) < 4.78 is 12.2. The van der Waals surface area contributed by atoms with E-state index >= 15 is 0 Å². The number of benzene rings is 3. The molecule has 0 saturated heterocycles. The Bertz CT molecular complexity index is 1000. The summed E-state index contributed by atoms with van der Waals surface area (Å²) >= 11 is 0. The summed E-state index contributed by atoms with van der Waals surface area (Å²) in [6.45, 7) is 2.41. The zero-order chi connectivity index (χ0) is 25.8. The van der Waals surface area contributed by atoms with Crippen molar-refractivity contribution in [1.29, 1.82) is 0 Å². The fraction of sp³-hybridized carbons (Fsp3) is 0.367. The molecule has 36 heavy (non-hydrogen) atoms. The highest BCUT2D eigenvalue weighted by Gasteiger charge is 2.38. The Labute approximate surface area is 214 Å². The molecule has 1 amide bonds. The molecule has 192 valence electrons. The first-order valence-electron chi connectivity index (χ1n) is 12.6. The van der Waals surface area contributed by atoms with Crippen LogP contribution in [-0.4, -0.2) is 43.4 Å². The van der Waals surface area contributed by atoms with Crippen molar-refractivity contribution in [2.45, 2.75) is 50.4 Å². The van der Waals surface area contributed by atoms with Crippen LogP contribution in [-0.2, 0) is 15.1 Å². The van der Waals surface area contributed by atoms with Gasteiger partial charge in [-0.2, -0.15) is 0 Å². The molecule has 3 aromatic rings. The molecule has 6 nitrogen and oxygen atoms in total. The van der Waals surface area contributed by atoms with E-state index in [0.717, 1.165) is 41.7 Å². The van der Waals surface area contributed by atoms with E-state index in [1.54, 1.807) is 14.0 Å². The number of amides is 1. The van der Waals surface area contributed by atoms with E-state index in [2.05, 4.69) is 5.32 Å². The molecular weight excluding hydrogens is 452 g/mol. The minimum absolute atomic E-state index is 0.101. The Morgan fingerprint density at radius 2 is 1.44 bits per heavy atom. The van der Waals surface area contributed by atoms with Crippen molar-refractivity contribution in [3.8, 4) is 5.75 Å². The summed E-state index contributed by atoms with van der Waals surface area (Å²) in [4.78, 5) is 12.6. The summed E-state index contributed by atoms with van der Waals surface area (Å²) in [6, 6.07) is 27.2. The minimum Gasteiger partial charge on any atom is -0.497 e. The Balaban J connectivity index is 1.96. The number of carbonyl (C=O) groups is 1. The molecule has 0 bridgehead atoms. The van der Waals surface area contributed by atoms with Gasteiger partial charge in [-0.3, -0.25) is 4.79 Å². The molecule has 0 heterocycles. The van der Waals surface area contributed by atoms with Gasteiger partial charge >= 0.3 is 0 Å². The molecule has 3 aromatic carbocycles. The standard InChI is InChI=1S/C30H38N2O4/c1-23(33)28(32-29(34)16-10-5-11-21-31)22-36-30(24-12-6-3-7-13-24,25-14-8-4-9-15-25)26-17-19-27(35-2)20-18-26/h3-4,6-9,12-15,17-20,23,28,33H,5,10-11,16,21-22,31H2,1-2H3,(H,32,34)/t23-,28-/m0/s1. The molecule has 6 heteroatoms. The van der Waals surface area contributed by atoms with Crippen LogP contribution in [0.15, 0.2) is 84.9 Å². The van der Waals surface area contributed by atoms with Crippen LogP contribution in [0.1, 0.15) is 49.3 Å². The van der Waals surface area contributed by atoms with Gasteiger partial charge in [0, 0.05) is 6.42 Å². The number of hydrogen-bond donors (Lipinski definition) is 3. The number of aliphatic hydroxyl groups is 1. The van der Waals surface area contributed by atoms with E-state index in [-0.39, 0.29) is 12.5 Å². The minimum atomic E-state index is -0.964. The van der Waals surface area contributed by atoms with Gasteiger partial charge < -0.3 is 25.6 Å². The third-order valence-corrected chi connectivity index (χ3v) is 6.37. The lowest BCUT2D eigenvalue weighted by molar-refractivity contribution is -0.124. The average molecular weight is 491 g/mol. The number of methoxy groups -OCH3 is 1. The van der Waals surface area contributed by atoms with Crippen molar-refractivity contribution in [2.24, 2.45) is 5.73 Å². The molecular formula is C30H38N2O4. The number of carbonyl (C=O) groups excluding carboxylic acids is 1. The summed E-state index contributed by atoms with van der Waals surface area (Å²) in [5.74, 6) is 0.647. The van der Waals surface area contributed by atoms with Crippen molar-refractivity contribution < 1.29 is 19.4 Å². The second kappa shape index (κ2) is 13.8. The maximum atomic E-state index is 12.6. The number of aliphatic hydroxyl groups excluding tert-OH is 1. The SMILES string of the molecule is COc1ccc(C(OC[C@H](NC(=O)CCCCCN)[C@H](C)O)(c2ccccc2)c2ccccc2)cc1. The topological polar surface area (TPSA) is 93.8 Å². The second-order valence-corrected chi connectivity index (χ2v) is 8.97. The fourth-order valence-electron chi connectivity index (χ4n) is 4.32. The van der Waals surface area contributed by atoms with Crippen LogP contribution >= 0.6 is 0 Å². The van der Waals surface area contributed by atoms with Crippen LogP contribution in [0.5, 0.6) is 5.75 Å². The van der Waals surface area contributed by atoms with Gasteiger partial charge in [0.15, 0.2) is 0 Å². The first-order chi connectivity index (χ1) is 17.5. The highest BCUT2D eigenvalue weighted by Crippen LogP contribution is 2.41. The highest BCUT2D eigenvalue weighted by molar-refractivity contribution is 5.76. The quantitative estimate of drug-likeness (QED) is 0.230. The molecule has 0 aliphatic carbocycles. The van der Waals surface area contributed by atoms with E-state index in [9.17, 15) is 9.90 Å². The van der Waals surface area contributed by atoms with Gasteiger partial charge in [-0.15, -0.1) is 0 Å². The average Bonchev–Trinajstić information content (AvgIpc) is 2.92. The Hall–Kier alpha value is -3.19. The number of nitrogens with two attached hydrogens (primary N) is 1. The Morgan fingerprint density at radius 1 is 0.889 bits per heavy atom. The lowest BCUT2D eigenvalue weighted by atomic mass is 9.80. The maximum Gasteiger partial charge on any atom is 0.220 e. The molecule has 0 aliphatic rings. The molecule has 0 fully saturated rings. The number of nitrogens with one attached hydrogen (secondary N) is 1. The molecule has 3 rings (SSSR count). The predicted molar refractivity (Wildman–Crippen MR) is 143 cm³/mol. The lowest BCUT2D eigenvalue weighted by Crippen LogP contribution is -2.47. The predicted octanol–water partition coefficient (Wildman–Crippen LogP) is 4.39. The van der Waals surface area contributed by atoms with Crippen LogP contribution in [0, 0.1) is 0 Å². The van der Waals surface area contributed by atoms with Crippen molar-refractivity contribution >= 4 is 5.91 Å². The van der Waals surface area contributed by atoms with E-state index < -0.39 is 17.7 Å². The van der Waals surface area contributed by atoms with Crippen molar-refractivity contribution in [1.82, 2.24) is 5.32 Å². The van der Waals surface area contributed by atoms with Crippen molar-refractivity contribution in [3.05, 3.63) is 102 Å². The van der Waals surface area contributed by atoms with Crippen LogP contribution in [0.3, 0.4) is 0 Å². The van der Waals surface area contributed by atoms with Gasteiger partial charge in [-0.1, -0.05) is 79.2 Å². The fourth-order valence-corrected chi connectivity index (χ4v) is 4.32. The van der Waals surface area contributed by atoms with Crippen LogP contribution in [0.4, 0.5) is 0 Å². The van der Waals surface area contributed by atoms with Crippen LogP contribution in [0.2, 0.25) is 0 Å². The molecule has 0 aliphatic heterocycles. The Kier molecular flexibility index (Phi) is 10.5. The van der Waals surface area contributed by atoms with Crippen LogP contribution < -0.4 is 15.8 Å². The molecule has 0 saturated carbocycles. The van der Waals surface area contributed by atoms with E-state index in [1.165, 1.54) is 0 Å². The summed E-state index contributed by atoms with van der Waals surface area (Å²) in [6.07, 6.45) is 2.17. The first-order valence-corrected chi connectivity index (χ1v) is 12.6. The Morgan fingerprint density at radius 3 is 1.94 bits per heavy atom. The van der Waals surface area contributed by atoms with E-state index in [4.69, 9.17) is 15.2 Å². The number of rotatable bonds is 14. The highest BCUT2D eigenvalue weighted by atomic mass is 16.5. The molecule has 0 radical (unpaired) electrons. The second-order valence-electron chi connectivity index (χ2n) is 8.97. The maximum absolute atomic E-state index is 12.6. The van der Waals surface area contributed by atoms with Gasteiger partial charge in [-0.25, -0.2) is 0 Å². The lowest BCUT2D eigenvalue weighted by Gasteiger charge is -2.37. The molecule has 0 aromatic heterocycles. The monoisotopic (exact) mass is 490 g/mol. The van der Waals surface area contributed by atoms with Crippen LogP contribution in [0.25, 0.3) is 0 Å². The van der Waals surface area contributed by atoms with E-state index in [1.807, 2.05) is 84.9 Å². The largest absolute Gasteiger partial charge is 0.497 e.